The van der Waals surface area contributed by atoms with E-state index < -0.39 is 0 Å². The lowest BCUT2D eigenvalue weighted by Gasteiger charge is -2.33. The molecule has 2 N–H and O–H groups in total. The molecule has 2 nitrogen and oxygen atoms in total. The van der Waals surface area contributed by atoms with Crippen LogP contribution in [0.15, 0.2) is 24.3 Å². The number of nitrogens with two attached hydrogens (primary N) is 1. The van der Waals surface area contributed by atoms with Crippen LogP contribution in [0.3, 0.4) is 0 Å². The van der Waals surface area contributed by atoms with Crippen molar-refractivity contribution in [3.63, 3.8) is 0 Å². The second kappa shape index (κ2) is 6.06. The molecule has 1 aromatic rings. The summed E-state index contributed by atoms with van der Waals surface area (Å²) in [6, 6.07) is 9.03. The van der Waals surface area contributed by atoms with E-state index in [0.29, 0.717) is 0 Å². The zero-order valence-electron chi connectivity index (χ0n) is 10.9. The first kappa shape index (κ1) is 12.4. The lowest BCUT2D eigenvalue weighted by molar-refractivity contribution is 0.386. The van der Waals surface area contributed by atoms with Gasteiger partial charge in [-0.2, -0.15) is 0 Å². The minimum absolute atomic E-state index is 0.843. The van der Waals surface area contributed by atoms with Gasteiger partial charge in [0.05, 0.1) is 0 Å². The number of hydrogen-bond acceptors (Lipinski definition) is 2. The summed E-state index contributed by atoms with van der Waals surface area (Å²) in [5, 5.41) is 0. The Morgan fingerprint density at radius 3 is 2.35 bits per heavy atom. The van der Waals surface area contributed by atoms with Crippen LogP contribution in [-0.4, -0.2) is 19.6 Å². The van der Waals surface area contributed by atoms with Gasteiger partial charge in [0.15, 0.2) is 0 Å². The van der Waals surface area contributed by atoms with E-state index in [-0.39, 0.29) is 0 Å². The Hall–Kier alpha value is -1.02. The number of nitrogens with zero attached hydrogens (tertiary/aromatic N) is 1. The second-order valence-electron chi connectivity index (χ2n) is 5.03. The molecule has 94 valence electrons. The molecule has 1 aliphatic rings. The number of rotatable bonds is 4. The maximum Gasteiger partial charge on any atom is 0.0366 e. The minimum Gasteiger partial charge on any atom is -0.372 e. The highest BCUT2D eigenvalue weighted by molar-refractivity contribution is 5.47. The molecular weight excluding hydrogens is 208 g/mol. The summed E-state index contributed by atoms with van der Waals surface area (Å²) in [6.45, 7) is 5.43. The predicted octanol–water partition coefficient (Wildman–Crippen LogP) is 2.81. The van der Waals surface area contributed by atoms with Crippen LogP contribution in [0.5, 0.6) is 0 Å². The van der Waals surface area contributed by atoms with Crippen LogP contribution in [0.2, 0.25) is 0 Å². The molecule has 2 heteroatoms. The van der Waals surface area contributed by atoms with Gasteiger partial charge in [-0.25, -0.2) is 0 Å². The van der Waals surface area contributed by atoms with Gasteiger partial charge in [-0.1, -0.05) is 19.1 Å². The molecule has 1 aliphatic heterocycles. The number of anilines is 1. The normalized spacial score (nSPS) is 17.4. The van der Waals surface area contributed by atoms with Gasteiger partial charge < -0.3 is 10.6 Å². The van der Waals surface area contributed by atoms with Gasteiger partial charge in [0, 0.05) is 18.8 Å². The smallest absolute Gasteiger partial charge is 0.0366 e. The summed E-state index contributed by atoms with van der Waals surface area (Å²) in [5.74, 6) is 0.853. The van der Waals surface area contributed by atoms with Crippen LogP contribution in [0.4, 0.5) is 5.69 Å². The molecule has 0 unspecified atom stereocenters. The summed E-state index contributed by atoms with van der Waals surface area (Å²) >= 11 is 0. The van der Waals surface area contributed by atoms with Gasteiger partial charge in [0.25, 0.3) is 0 Å². The van der Waals surface area contributed by atoms with Crippen molar-refractivity contribution in [2.24, 2.45) is 11.7 Å². The molecule has 0 bridgehead atoms. The molecule has 0 radical (unpaired) electrons. The molecule has 1 fully saturated rings. The molecule has 0 amide bonds. The molecule has 0 aliphatic carbocycles. The first-order valence-electron chi connectivity index (χ1n) is 6.87. The second-order valence-corrected chi connectivity index (χ2v) is 5.03. The number of benzene rings is 1. The lowest BCUT2D eigenvalue weighted by Crippen LogP contribution is -2.34. The molecule has 0 atom stereocenters. The molecule has 0 aromatic heterocycles. The molecule has 1 aromatic carbocycles. The van der Waals surface area contributed by atoms with E-state index in [1.54, 1.807) is 0 Å². The van der Waals surface area contributed by atoms with E-state index >= 15 is 0 Å². The number of hydrogen-bond donors (Lipinski definition) is 1. The maximum atomic E-state index is 5.62. The van der Waals surface area contributed by atoms with Crippen molar-refractivity contribution < 1.29 is 0 Å². The minimum atomic E-state index is 0.843. The van der Waals surface area contributed by atoms with Crippen LogP contribution in [-0.2, 0) is 6.42 Å². The zero-order chi connectivity index (χ0) is 12.1. The van der Waals surface area contributed by atoms with E-state index in [2.05, 4.69) is 36.1 Å². The summed E-state index contributed by atoms with van der Waals surface area (Å²) in [7, 11) is 0. The van der Waals surface area contributed by atoms with Gasteiger partial charge in [-0.3, -0.25) is 0 Å². The SMILES string of the molecule is CCc1ccc(N2CCC(CCN)CC2)cc1. The molecule has 0 saturated carbocycles. The Kier molecular flexibility index (Phi) is 4.43. The fourth-order valence-electron chi connectivity index (χ4n) is 2.66. The van der Waals surface area contributed by atoms with Gasteiger partial charge in [0.1, 0.15) is 0 Å². The fourth-order valence-corrected chi connectivity index (χ4v) is 2.66. The Morgan fingerprint density at radius 2 is 1.82 bits per heavy atom. The largest absolute Gasteiger partial charge is 0.372 e. The molecule has 1 heterocycles. The lowest BCUT2D eigenvalue weighted by atomic mass is 9.93. The third-order valence-corrected chi connectivity index (χ3v) is 3.90. The van der Waals surface area contributed by atoms with Crippen LogP contribution < -0.4 is 10.6 Å². The number of aryl methyl sites for hydroxylation is 1. The van der Waals surface area contributed by atoms with Crippen molar-refractivity contribution in [2.75, 3.05) is 24.5 Å². The Labute approximate surface area is 105 Å². The van der Waals surface area contributed by atoms with Crippen molar-refractivity contribution >= 4 is 5.69 Å². The van der Waals surface area contributed by atoms with Crippen LogP contribution >= 0.6 is 0 Å². The average Bonchev–Trinajstić information content (AvgIpc) is 2.40. The van der Waals surface area contributed by atoms with Crippen molar-refractivity contribution in [1.82, 2.24) is 0 Å². The summed E-state index contributed by atoms with van der Waals surface area (Å²) < 4.78 is 0. The Balaban J connectivity index is 1.91. The highest BCUT2D eigenvalue weighted by Gasteiger charge is 2.18. The molecule has 0 spiro atoms. The topological polar surface area (TPSA) is 29.3 Å². The van der Waals surface area contributed by atoms with Gasteiger partial charge in [-0.05, 0) is 55.8 Å². The van der Waals surface area contributed by atoms with E-state index in [1.165, 1.54) is 43.6 Å². The highest BCUT2D eigenvalue weighted by atomic mass is 15.1. The van der Waals surface area contributed by atoms with Crippen molar-refractivity contribution in [2.45, 2.75) is 32.6 Å². The van der Waals surface area contributed by atoms with Crippen LogP contribution in [0.25, 0.3) is 0 Å². The molecule has 1 saturated heterocycles. The summed E-state index contributed by atoms with van der Waals surface area (Å²) in [5.41, 5.74) is 8.43. The average molecular weight is 232 g/mol. The van der Waals surface area contributed by atoms with E-state index in [4.69, 9.17) is 5.73 Å². The van der Waals surface area contributed by atoms with Gasteiger partial charge >= 0.3 is 0 Å². The van der Waals surface area contributed by atoms with Crippen LogP contribution in [0.1, 0.15) is 31.7 Å². The van der Waals surface area contributed by atoms with Crippen LogP contribution in [0, 0.1) is 5.92 Å². The third-order valence-electron chi connectivity index (χ3n) is 3.90. The summed E-state index contributed by atoms with van der Waals surface area (Å²) in [4.78, 5) is 2.51. The Morgan fingerprint density at radius 1 is 1.18 bits per heavy atom. The molecule has 17 heavy (non-hydrogen) atoms. The predicted molar refractivity (Wildman–Crippen MR) is 74.4 cm³/mol. The number of piperidine rings is 1. The standard InChI is InChI=1S/C15H24N2/c1-2-13-3-5-15(6-4-13)17-11-8-14(7-10-16)9-12-17/h3-6,14H,2,7-12,16H2,1H3. The van der Waals surface area contributed by atoms with Crippen molar-refractivity contribution in [3.8, 4) is 0 Å². The molecular formula is C15H24N2. The summed E-state index contributed by atoms with van der Waals surface area (Å²) in [6.07, 6.45) is 4.92. The first-order chi connectivity index (χ1) is 8.33. The molecule has 2 rings (SSSR count). The first-order valence-corrected chi connectivity index (χ1v) is 6.87. The maximum absolute atomic E-state index is 5.62. The van der Waals surface area contributed by atoms with Crippen molar-refractivity contribution in [3.05, 3.63) is 29.8 Å². The highest BCUT2D eigenvalue weighted by Crippen LogP contribution is 2.25. The van der Waals surface area contributed by atoms with Gasteiger partial charge in [-0.15, -0.1) is 0 Å². The van der Waals surface area contributed by atoms with E-state index in [9.17, 15) is 0 Å². The quantitative estimate of drug-likeness (QED) is 0.865. The Bertz CT molecular complexity index is 323. The fraction of sp³-hybridized carbons (Fsp3) is 0.600. The monoisotopic (exact) mass is 232 g/mol. The van der Waals surface area contributed by atoms with Crippen molar-refractivity contribution in [1.29, 1.82) is 0 Å². The van der Waals surface area contributed by atoms with E-state index in [1.807, 2.05) is 0 Å². The zero-order valence-corrected chi connectivity index (χ0v) is 10.9. The van der Waals surface area contributed by atoms with E-state index in [0.717, 1.165) is 18.9 Å². The third kappa shape index (κ3) is 3.22. The van der Waals surface area contributed by atoms with Gasteiger partial charge in [0.2, 0.25) is 0 Å².